The monoisotopic (exact) mass is 605 g/mol. The van der Waals surface area contributed by atoms with E-state index in [0.29, 0.717) is 60.3 Å². The maximum Gasteiger partial charge on any atom is 0.303 e. The molecule has 0 aliphatic carbocycles. The van der Waals surface area contributed by atoms with Gasteiger partial charge in [0, 0.05) is 67.3 Å². The van der Waals surface area contributed by atoms with Gasteiger partial charge in [-0.3, -0.25) is 19.1 Å². The molecule has 0 radical (unpaired) electrons. The lowest BCUT2D eigenvalue weighted by Gasteiger charge is -2.26. The zero-order valence-electron chi connectivity index (χ0n) is 23.1. The molecule has 4 N–H and O–H groups in total. The number of aliphatic hydroxyl groups excluding tert-OH is 1. The number of aromatic amines is 1. The van der Waals surface area contributed by atoms with Crippen LogP contribution in [0.3, 0.4) is 0 Å². The Morgan fingerprint density at radius 1 is 1.05 bits per heavy atom. The number of benzene rings is 1. The number of amides is 2. The van der Waals surface area contributed by atoms with Crippen molar-refractivity contribution in [2.75, 3.05) is 19.7 Å². The number of carboxylic acid groups (broad SMARTS) is 1. The minimum absolute atomic E-state index is 0.0194. The summed E-state index contributed by atoms with van der Waals surface area (Å²) in [5.41, 5.74) is 4.15. The summed E-state index contributed by atoms with van der Waals surface area (Å²) in [6.45, 7) is 1.31. The van der Waals surface area contributed by atoms with Gasteiger partial charge in [-0.2, -0.15) is 5.10 Å². The van der Waals surface area contributed by atoms with Gasteiger partial charge in [0.05, 0.1) is 27.8 Å². The lowest BCUT2D eigenvalue weighted by molar-refractivity contribution is -0.137. The maximum atomic E-state index is 12.2. The van der Waals surface area contributed by atoms with Crippen molar-refractivity contribution in [2.24, 2.45) is 0 Å². The molecule has 41 heavy (non-hydrogen) atoms. The number of carboxylic acids is 1. The molecule has 0 atom stereocenters. The Labute approximate surface area is 249 Å². The van der Waals surface area contributed by atoms with E-state index in [1.807, 2.05) is 12.3 Å². The maximum absolute atomic E-state index is 12.2. The standard InChI is InChI=1S/C29H37Cl2N5O5/c30-21-16-19(27-20-17-35(25(39)18-37)13-10-22(20)33-29(27)28(21)31)23-11-14-36(34-23)15-12-32-24(38)8-6-4-2-1-3-5-7-9-26(40)41/h11,14,16,33,37H,1-10,12-13,15,17-18H2,(H,32,38)(H,40,41). The van der Waals surface area contributed by atoms with Crippen LogP contribution in [-0.4, -0.2) is 67.4 Å². The molecule has 1 aliphatic rings. The molecule has 1 aromatic carbocycles. The Morgan fingerprint density at radius 2 is 1.76 bits per heavy atom. The van der Waals surface area contributed by atoms with E-state index >= 15 is 0 Å². The Hall–Kier alpha value is -3.08. The zero-order valence-corrected chi connectivity index (χ0v) is 24.6. The average molecular weight is 607 g/mol. The molecule has 0 bridgehead atoms. The Bertz CT molecular complexity index is 1390. The number of unbranched alkanes of at least 4 members (excludes halogenated alkanes) is 6. The van der Waals surface area contributed by atoms with Gasteiger partial charge in [-0.1, -0.05) is 55.3 Å². The van der Waals surface area contributed by atoms with Crippen molar-refractivity contribution >= 4 is 51.9 Å². The molecule has 2 amide bonds. The van der Waals surface area contributed by atoms with Crippen LogP contribution in [0.4, 0.5) is 0 Å². The van der Waals surface area contributed by atoms with Crippen molar-refractivity contribution in [1.82, 2.24) is 25.0 Å². The molecule has 4 rings (SSSR count). The SMILES string of the molecule is O=C(O)CCCCCCCCCC(=O)NCCn1ccc(-c2cc(Cl)c(Cl)c3[nH]c4c(c23)CN(C(=O)CO)CC4)n1. The predicted octanol–water partition coefficient (Wildman–Crippen LogP) is 4.93. The molecule has 0 spiro atoms. The van der Waals surface area contributed by atoms with Crippen LogP contribution in [0, 0.1) is 0 Å². The van der Waals surface area contributed by atoms with Crippen molar-refractivity contribution in [3.8, 4) is 11.3 Å². The van der Waals surface area contributed by atoms with Crippen molar-refractivity contribution in [2.45, 2.75) is 77.3 Å². The van der Waals surface area contributed by atoms with Crippen LogP contribution in [0.2, 0.25) is 10.0 Å². The number of fused-ring (bicyclic) bond motifs is 3. The molecule has 3 aromatic rings. The summed E-state index contributed by atoms with van der Waals surface area (Å²) in [4.78, 5) is 40.0. The third-order valence-electron chi connectivity index (χ3n) is 7.50. The smallest absolute Gasteiger partial charge is 0.303 e. The Morgan fingerprint density at radius 3 is 2.46 bits per heavy atom. The summed E-state index contributed by atoms with van der Waals surface area (Å²) in [6, 6.07) is 3.68. The van der Waals surface area contributed by atoms with Crippen LogP contribution in [0.15, 0.2) is 18.3 Å². The van der Waals surface area contributed by atoms with Crippen LogP contribution in [0.1, 0.15) is 69.0 Å². The van der Waals surface area contributed by atoms with E-state index in [2.05, 4.69) is 10.3 Å². The van der Waals surface area contributed by atoms with Crippen LogP contribution in [0.5, 0.6) is 0 Å². The van der Waals surface area contributed by atoms with Crippen LogP contribution in [0.25, 0.3) is 22.2 Å². The molecule has 2 aromatic heterocycles. The minimum atomic E-state index is -0.737. The largest absolute Gasteiger partial charge is 0.481 e. The fourth-order valence-electron chi connectivity index (χ4n) is 5.33. The number of halogens is 2. The summed E-state index contributed by atoms with van der Waals surface area (Å²) in [6.07, 6.45) is 9.85. The fraction of sp³-hybridized carbons (Fsp3) is 0.517. The van der Waals surface area contributed by atoms with Gasteiger partial charge >= 0.3 is 5.97 Å². The average Bonchev–Trinajstić information content (AvgIpc) is 3.58. The third-order valence-corrected chi connectivity index (χ3v) is 8.29. The third kappa shape index (κ3) is 8.02. The number of rotatable bonds is 15. The number of H-pyrrole nitrogens is 1. The molecule has 0 saturated heterocycles. The second kappa shape index (κ2) is 14.7. The highest BCUT2D eigenvalue weighted by molar-refractivity contribution is 6.45. The van der Waals surface area contributed by atoms with Gasteiger partial charge in [-0.25, -0.2) is 0 Å². The summed E-state index contributed by atoms with van der Waals surface area (Å²) in [5.74, 6) is -1.03. The summed E-state index contributed by atoms with van der Waals surface area (Å²) >= 11 is 13.0. The van der Waals surface area contributed by atoms with Crippen LogP contribution < -0.4 is 5.32 Å². The summed E-state index contributed by atoms with van der Waals surface area (Å²) in [7, 11) is 0. The number of hydrogen-bond donors (Lipinski definition) is 4. The fourth-order valence-corrected chi connectivity index (χ4v) is 5.73. The van der Waals surface area contributed by atoms with Gasteiger partial charge in [0.2, 0.25) is 11.8 Å². The van der Waals surface area contributed by atoms with Gasteiger partial charge in [0.15, 0.2) is 0 Å². The molecular formula is C29H37Cl2N5O5. The lowest BCUT2D eigenvalue weighted by Crippen LogP contribution is -2.37. The highest BCUT2D eigenvalue weighted by Gasteiger charge is 2.27. The van der Waals surface area contributed by atoms with E-state index in [1.165, 1.54) is 0 Å². The Balaban J connectivity index is 1.29. The van der Waals surface area contributed by atoms with Crippen LogP contribution >= 0.6 is 23.2 Å². The molecule has 0 unspecified atom stereocenters. The topological polar surface area (TPSA) is 141 Å². The van der Waals surface area contributed by atoms with Crippen molar-refractivity contribution in [3.63, 3.8) is 0 Å². The molecule has 1 aliphatic heterocycles. The molecule has 222 valence electrons. The lowest BCUT2D eigenvalue weighted by atomic mass is 9.99. The second-order valence-corrected chi connectivity index (χ2v) is 11.2. The number of nitrogens with one attached hydrogen (secondary N) is 2. The molecule has 3 heterocycles. The van der Waals surface area contributed by atoms with Crippen LogP contribution in [-0.2, 0) is 33.9 Å². The molecule has 0 fully saturated rings. The zero-order chi connectivity index (χ0) is 29.4. The number of aromatic nitrogens is 3. The molecule has 12 heteroatoms. The number of aliphatic hydroxyl groups is 1. The number of hydrogen-bond acceptors (Lipinski definition) is 5. The number of aliphatic carboxylic acids is 1. The number of nitrogens with zero attached hydrogens (tertiary/aromatic N) is 3. The van der Waals surface area contributed by atoms with E-state index in [-0.39, 0.29) is 18.2 Å². The first-order chi connectivity index (χ1) is 19.8. The second-order valence-electron chi connectivity index (χ2n) is 10.5. The Kier molecular flexibility index (Phi) is 11.1. The van der Waals surface area contributed by atoms with Gasteiger partial charge in [-0.15, -0.1) is 0 Å². The minimum Gasteiger partial charge on any atom is -0.481 e. The van der Waals surface area contributed by atoms with E-state index in [4.69, 9.17) is 33.4 Å². The first-order valence-corrected chi connectivity index (χ1v) is 15.0. The van der Waals surface area contributed by atoms with Gasteiger partial charge in [0.1, 0.15) is 6.61 Å². The van der Waals surface area contributed by atoms with Gasteiger partial charge in [-0.05, 0) is 25.0 Å². The number of carbonyl (C=O) groups is 3. The van der Waals surface area contributed by atoms with E-state index in [9.17, 15) is 19.5 Å². The van der Waals surface area contributed by atoms with E-state index in [0.717, 1.165) is 67.2 Å². The van der Waals surface area contributed by atoms with Crippen molar-refractivity contribution in [3.05, 3.63) is 39.6 Å². The first-order valence-electron chi connectivity index (χ1n) is 14.2. The van der Waals surface area contributed by atoms with Gasteiger partial charge in [0.25, 0.3) is 0 Å². The summed E-state index contributed by atoms with van der Waals surface area (Å²) in [5, 5.41) is 27.3. The quantitative estimate of drug-likeness (QED) is 0.181. The summed E-state index contributed by atoms with van der Waals surface area (Å²) < 4.78 is 1.77. The van der Waals surface area contributed by atoms with Crippen molar-refractivity contribution in [1.29, 1.82) is 0 Å². The molecule has 10 nitrogen and oxygen atoms in total. The highest BCUT2D eigenvalue weighted by Crippen LogP contribution is 2.41. The van der Waals surface area contributed by atoms with Crippen molar-refractivity contribution < 1.29 is 24.6 Å². The highest BCUT2D eigenvalue weighted by atomic mass is 35.5. The van der Waals surface area contributed by atoms with E-state index in [1.54, 1.807) is 15.6 Å². The number of carbonyl (C=O) groups excluding carboxylic acids is 2. The normalized spacial score (nSPS) is 13.0. The van der Waals surface area contributed by atoms with Gasteiger partial charge < -0.3 is 25.4 Å². The first kappa shape index (κ1) is 30.9. The van der Waals surface area contributed by atoms with E-state index < -0.39 is 12.6 Å². The molecule has 0 saturated carbocycles. The predicted molar refractivity (Wildman–Crippen MR) is 158 cm³/mol. The molecular weight excluding hydrogens is 569 g/mol.